The van der Waals surface area contributed by atoms with E-state index in [-0.39, 0.29) is 18.5 Å². The molecule has 1 aromatic carbocycles. The third-order valence-corrected chi connectivity index (χ3v) is 3.37. The van der Waals surface area contributed by atoms with E-state index in [2.05, 4.69) is 32.5 Å². The topological polar surface area (TPSA) is 41.1 Å². The number of anilines is 1. The quantitative estimate of drug-likeness (QED) is 0.837. The van der Waals surface area contributed by atoms with Crippen LogP contribution in [-0.4, -0.2) is 18.5 Å². The van der Waals surface area contributed by atoms with Gasteiger partial charge in [0.2, 0.25) is 5.91 Å². The van der Waals surface area contributed by atoms with Gasteiger partial charge in [0.25, 0.3) is 0 Å². The Balaban J connectivity index is 2.68. The average molecular weight is 295 g/mol. The maximum absolute atomic E-state index is 11.6. The molecule has 0 saturated carbocycles. The van der Waals surface area contributed by atoms with Crippen molar-refractivity contribution in [3.8, 4) is 12.3 Å². The molecule has 1 aromatic rings. The molecule has 17 heavy (non-hydrogen) atoms. The first kappa shape index (κ1) is 13.6. The van der Waals surface area contributed by atoms with Gasteiger partial charge in [0.1, 0.15) is 6.04 Å². The number of terminal acetylenes is 1. The summed E-state index contributed by atoms with van der Waals surface area (Å²) in [5, 5.41) is 5.77. The lowest BCUT2D eigenvalue weighted by Gasteiger charge is -2.16. The Morgan fingerprint density at radius 1 is 1.59 bits per heavy atom. The van der Waals surface area contributed by atoms with Crippen LogP contribution in [0.1, 0.15) is 12.5 Å². The molecule has 0 aliphatic heterocycles. The van der Waals surface area contributed by atoms with Crippen molar-refractivity contribution in [2.24, 2.45) is 0 Å². The summed E-state index contributed by atoms with van der Waals surface area (Å²) in [7, 11) is 0. The van der Waals surface area contributed by atoms with Gasteiger partial charge in [-0.05, 0) is 41.4 Å². The average Bonchev–Trinajstić information content (AvgIpc) is 2.31. The first-order valence-electron chi connectivity index (χ1n) is 5.29. The zero-order chi connectivity index (χ0) is 12.8. The van der Waals surface area contributed by atoms with Crippen LogP contribution >= 0.6 is 15.9 Å². The summed E-state index contributed by atoms with van der Waals surface area (Å²) in [6, 6.07) is 5.52. The lowest BCUT2D eigenvalue weighted by atomic mass is 10.2. The number of benzene rings is 1. The van der Waals surface area contributed by atoms with E-state index in [4.69, 9.17) is 6.42 Å². The first-order chi connectivity index (χ1) is 8.06. The van der Waals surface area contributed by atoms with Gasteiger partial charge in [-0.25, -0.2) is 0 Å². The molecule has 3 nitrogen and oxygen atoms in total. The van der Waals surface area contributed by atoms with E-state index in [0.717, 1.165) is 15.7 Å². The van der Waals surface area contributed by atoms with E-state index >= 15 is 0 Å². The minimum absolute atomic E-state index is 0.114. The number of amides is 1. The van der Waals surface area contributed by atoms with Gasteiger partial charge in [0.15, 0.2) is 0 Å². The predicted octanol–water partition coefficient (Wildman–Crippen LogP) is 2.31. The number of carbonyl (C=O) groups is 1. The van der Waals surface area contributed by atoms with Crippen molar-refractivity contribution in [3.05, 3.63) is 28.2 Å². The Labute approximate surface area is 110 Å². The van der Waals surface area contributed by atoms with Crippen LogP contribution in [0.15, 0.2) is 22.7 Å². The minimum Gasteiger partial charge on any atom is -0.373 e. The Morgan fingerprint density at radius 2 is 2.29 bits per heavy atom. The number of aryl methyl sites for hydroxylation is 1. The predicted molar refractivity (Wildman–Crippen MR) is 73.8 cm³/mol. The zero-order valence-corrected chi connectivity index (χ0v) is 11.5. The van der Waals surface area contributed by atoms with Crippen molar-refractivity contribution >= 4 is 27.5 Å². The van der Waals surface area contributed by atoms with Gasteiger partial charge >= 0.3 is 0 Å². The summed E-state index contributed by atoms with van der Waals surface area (Å²) in [6.07, 6.45) is 5.08. The molecular weight excluding hydrogens is 280 g/mol. The molecule has 0 aromatic heterocycles. The van der Waals surface area contributed by atoms with Crippen molar-refractivity contribution in [2.75, 3.05) is 11.9 Å². The number of rotatable bonds is 4. The molecule has 90 valence electrons. The maximum Gasteiger partial charge on any atom is 0.242 e. The Morgan fingerprint density at radius 3 is 2.94 bits per heavy atom. The Kier molecular flexibility index (Phi) is 5.05. The smallest absolute Gasteiger partial charge is 0.242 e. The van der Waals surface area contributed by atoms with Gasteiger partial charge < -0.3 is 10.6 Å². The van der Waals surface area contributed by atoms with Crippen LogP contribution in [0.4, 0.5) is 5.69 Å². The second kappa shape index (κ2) is 6.31. The van der Waals surface area contributed by atoms with Crippen LogP contribution in [0.3, 0.4) is 0 Å². The summed E-state index contributed by atoms with van der Waals surface area (Å²) < 4.78 is 0.969. The molecule has 0 saturated heterocycles. The van der Waals surface area contributed by atoms with E-state index in [9.17, 15) is 4.79 Å². The summed E-state index contributed by atoms with van der Waals surface area (Å²) in [4.78, 5) is 11.6. The Bertz CT molecular complexity index is 451. The zero-order valence-electron chi connectivity index (χ0n) is 9.88. The van der Waals surface area contributed by atoms with Crippen LogP contribution in [-0.2, 0) is 4.79 Å². The van der Waals surface area contributed by atoms with Crippen molar-refractivity contribution in [3.63, 3.8) is 0 Å². The summed E-state index contributed by atoms with van der Waals surface area (Å²) in [5.41, 5.74) is 2.01. The van der Waals surface area contributed by atoms with E-state index in [1.807, 2.05) is 25.1 Å². The standard InChI is InChI=1S/C13H15BrN2O/c1-4-8-15-13(17)10(3)16-11-7-5-6-9(2)12(11)14/h1,5-7,10,16H,8H2,2-3H3,(H,15,17). The third-order valence-electron chi connectivity index (χ3n) is 2.32. The van der Waals surface area contributed by atoms with Gasteiger partial charge in [-0.15, -0.1) is 6.42 Å². The largest absolute Gasteiger partial charge is 0.373 e. The molecule has 0 heterocycles. The second-order valence-electron chi connectivity index (χ2n) is 3.72. The van der Waals surface area contributed by atoms with Crippen LogP contribution in [0.25, 0.3) is 0 Å². The molecule has 0 spiro atoms. The molecule has 0 aliphatic carbocycles. The van der Waals surface area contributed by atoms with Crippen molar-refractivity contribution in [1.29, 1.82) is 0 Å². The molecule has 0 fully saturated rings. The van der Waals surface area contributed by atoms with E-state index in [1.165, 1.54) is 0 Å². The lowest BCUT2D eigenvalue weighted by molar-refractivity contribution is -0.121. The third kappa shape index (κ3) is 3.79. The monoisotopic (exact) mass is 294 g/mol. The van der Waals surface area contributed by atoms with Crippen molar-refractivity contribution < 1.29 is 4.79 Å². The van der Waals surface area contributed by atoms with Crippen LogP contribution in [0, 0.1) is 19.3 Å². The van der Waals surface area contributed by atoms with Gasteiger partial charge in [-0.1, -0.05) is 18.1 Å². The number of carbonyl (C=O) groups excluding carboxylic acids is 1. The fourth-order valence-corrected chi connectivity index (χ4v) is 1.73. The highest BCUT2D eigenvalue weighted by Gasteiger charge is 2.13. The summed E-state index contributed by atoms with van der Waals surface area (Å²) in [5.74, 6) is 2.25. The highest BCUT2D eigenvalue weighted by atomic mass is 79.9. The number of hydrogen-bond donors (Lipinski definition) is 2. The molecule has 2 N–H and O–H groups in total. The van der Waals surface area contributed by atoms with Crippen molar-refractivity contribution in [2.45, 2.75) is 19.9 Å². The maximum atomic E-state index is 11.6. The van der Waals surface area contributed by atoms with Gasteiger partial charge in [-0.3, -0.25) is 4.79 Å². The fourth-order valence-electron chi connectivity index (χ4n) is 1.35. The van der Waals surface area contributed by atoms with Gasteiger partial charge in [-0.2, -0.15) is 0 Å². The molecule has 0 radical (unpaired) electrons. The normalized spacial score (nSPS) is 11.4. The number of nitrogens with one attached hydrogen (secondary N) is 2. The first-order valence-corrected chi connectivity index (χ1v) is 6.08. The minimum atomic E-state index is -0.332. The summed E-state index contributed by atoms with van der Waals surface area (Å²) in [6.45, 7) is 4.04. The van der Waals surface area contributed by atoms with E-state index in [1.54, 1.807) is 6.92 Å². The molecule has 1 amide bonds. The highest BCUT2D eigenvalue weighted by molar-refractivity contribution is 9.10. The molecular formula is C13H15BrN2O. The molecule has 1 atom stereocenters. The molecule has 0 aliphatic rings. The fraction of sp³-hybridized carbons (Fsp3) is 0.308. The molecule has 1 unspecified atom stereocenters. The van der Waals surface area contributed by atoms with Gasteiger partial charge in [0.05, 0.1) is 6.54 Å². The lowest BCUT2D eigenvalue weighted by Crippen LogP contribution is -2.37. The highest BCUT2D eigenvalue weighted by Crippen LogP contribution is 2.26. The van der Waals surface area contributed by atoms with Gasteiger partial charge in [0, 0.05) is 10.2 Å². The van der Waals surface area contributed by atoms with E-state index < -0.39 is 0 Å². The Hall–Kier alpha value is -1.47. The molecule has 1 rings (SSSR count). The number of hydrogen-bond acceptors (Lipinski definition) is 2. The molecule has 0 bridgehead atoms. The number of halogens is 1. The van der Waals surface area contributed by atoms with E-state index in [0.29, 0.717) is 0 Å². The second-order valence-corrected chi connectivity index (χ2v) is 4.52. The SMILES string of the molecule is C#CCNC(=O)C(C)Nc1cccc(C)c1Br. The van der Waals surface area contributed by atoms with Crippen LogP contribution in [0.5, 0.6) is 0 Å². The summed E-state index contributed by atoms with van der Waals surface area (Å²) >= 11 is 3.48. The van der Waals surface area contributed by atoms with Crippen LogP contribution in [0.2, 0.25) is 0 Å². The molecule has 4 heteroatoms. The van der Waals surface area contributed by atoms with Crippen LogP contribution < -0.4 is 10.6 Å². The van der Waals surface area contributed by atoms with Crippen molar-refractivity contribution in [1.82, 2.24) is 5.32 Å².